The summed E-state index contributed by atoms with van der Waals surface area (Å²) in [5.74, 6) is 0. The standard InChI is InChI=1S/C15H30FN/c1-2-3-4-5-6-7-8-9-11-15(16)12-10-14(17)13-15/h14H,2-13,17H2,1H3. The molecule has 1 nitrogen and oxygen atoms in total. The first-order valence-corrected chi connectivity index (χ1v) is 7.61. The van der Waals surface area contributed by atoms with Gasteiger partial charge >= 0.3 is 0 Å². The van der Waals surface area contributed by atoms with Crippen LogP contribution in [0.15, 0.2) is 0 Å². The third-order valence-electron chi connectivity index (χ3n) is 4.07. The van der Waals surface area contributed by atoms with Gasteiger partial charge in [-0.15, -0.1) is 0 Å². The van der Waals surface area contributed by atoms with E-state index in [-0.39, 0.29) is 6.04 Å². The van der Waals surface area contributed by atoms with E-state index in [2.05, 4.69) is 6.92 Å². The highest BCUT2D eigenvalue weighted by Gasteiger charge is 2.36. The van der Waals surface area contributed by atoms with Crippen LogP contribution in [0.3, 0.4) is 0 Å². The monoisotopic (exact) mass is 243 g/mol. The van der Waals surface area contributed by atoms with Gasteiger partial charge in [0, 0.05) is 6.04 Å². The van der Waals surface area contributed by atoms with Gasteiger partial charge in [0.1, 0.15) is 5.67 Å². The topological polar surface area (TPSA) is 26.0 Å². The second kappa shape index (κ2) is 8.07. The summed E-state index contributed by atoms with van der Waals surface area (Å²) in [4.78, 5) is 0. The van der Waals surface area contributed by atoms with Crippen molar-refractivity contribution in [3.8, 4) is 0 Å². The van der Waals surface area contributed by atoms with Crippen LogP contribution in [0.4, 0.5) is 4.39 Å². The Balaban J connectivity index is 1.90. The molecule has 1 aliphatic rings. The maximum absolute atomic E-state index is 14.2. The Morgan fingerprint density at radius 3 is 2.18 bits per heavy atom. The smallest absolute Gasteiger partial charge is 0.112 e. The van der Waals surface area contributed by atoms with E-state index in [1.165, 1.54) is 44.9 Å². The maximum atomic E-state index is 14.2. The van der Waals surface area contributed by atoms with Crippen molar-refractivity contribution in [1.82, 2.24) is 0 Å². The lowest BCUT2D eigenvalue weighted by Gasteiger charge is -2.18. The first-order valence-electron chi connectivity index (χ1n) is 7.61. The molecule has 2 heteroatoms. The summed E-state index contributed by atoms with van der Waals surface area (Å²) >= 11 is 0. The van der Waals surface area contributed by atoms with Gasteiger partial charge in [-0.3, -0.25) is 0 Å². The molecule has 2 atom stereocenters. The van der Waals surface area contributed by atoms with E-state index in [4.69, 9.17) is 5.73 Å². The average Bonchev–Trinajstić information content (AvgIpc) is 2.63. The second-order valence-corrected chi connectivity index (χ2v) is 5.88. The summed E-state index contributed by atoms with van der Waals surface area (Å²) in [5.41, 5.74) is 4.85. The lowest BCUT2D eigenvalue weighted by Crippen LogP contribution is -2.23. The van der Waals surface area contributed by atoms with Crippen LogP contribution in [-0.4, -0.2) is 11.7 Å². The van der Waals surface area contributed by atoms with E-state index in [9.17, 15) is 4.39 Å². The minimum Gasteiger partial charge on any atom is -0.328 e. The largest absolute Gasteiger partial charge is 0.328 e. The van der Waals surface area contributed by atoms with E-state index >= 15 is 0 Å². The van der Waals surface area contributed by atoms with Crippen LogP contribution in [0, 0.1) is 0 Å². The van der Waals surface area contributed by atoms with Gasteiger partial charge in [-0.05, 0) is 25.7 Å². The Morgan fingerprint density at radius 1 is 1.06 bits per heavy atom. The van der Waals surface area contributed by atoms with Crippen LogP contribution in [0.5, 0.6) is 0 Å². The van der Waals surface area contributed by atoms with E-state index in [1.807, 2.05) is 0 Å². The molecule has 17 heavy (non-hydrogen) atoms. The molecule has 0 bridgehead atoms. The van der Waals surface area contributed by atoms with Gasteiger partial charge < -0.3 is 5.73 Å². The molecule has 0 aromatic rings. The van der Waals surface area contributed by atoms with Crippen molar-refractivity contribution in [2.24, 2.45) is 5.73 Å². The molecular formula is C15H30FN. The molecule has 0 spiro atoms. The molecule has 2 unspecified atom stereocenters. The second-order valence-electron chi connectivity index (χ2n) is 5.88. The normalized spacial score (nSPS) is 28.8. The Hall–Kier alpha value is -0.110. The van der Waals surface area contributed by atoms with Crippen LogP contribution in [0.2, 0.25) is 0 Å². The first-order chi connectivity index (χ1) is 8.16. The molecule has 1 fully saturated rings. The number of rotatable bonds is 9. The fraction of sp³-hybridized carbons (Fsp3) is 1.00. The van der Waals surface area contributed by atoms with Gasteiger partial charge in [0.05, 0.1) is 0 Å². The fourth-order valence-corrected chi connectivity index (χ4v) is 2.92. The van der Waals surface area contributed by atoms with E-state index in [0.717, 1.165) is 19.3 Å². The van der Waals surface area contributed by atoms with Gasteiger partial charge in [-0.25, -0.2) is 4.39 Å². The molecule has 2 N–H and O–H groups in total. The molecular weight excluding hydrogens is 213 g/mol. The summed E-state index contributed by atoms with van der Waals surface area (Å²) in [6.07, 6.45) is 13.2. The summed E-state index contributed by atoms with van der Waals surface area (Å²) in [6.45, 7) is 2.24. The van der Waals surface area contributed by atoms with E-state index in [1.54, 1.807) is 0 Å². The number of halogens is 1. The lowest BCUT2D eigenvalue weighted by atomic mass is 9.95. The van der Waals surface area contributed by atoms with Crippen LogP contribution in [-0.2, 0) is 0 Å². The molecule has 1 rings (SSSR count). The fourth-order valence-electron chi connectivity index (χ4n) is 2.92. The van der Waals surface area contributed by atoms with Crippen LogP contribution in [0.25, 0.3) is 0 Å². The van der Waals surface area contributed by atoms with Crippen molar-refractivity contribution in [1.29, 1.82) is 0 Å². The van der Waals surface area contributed by atoms with Crippen molar-refractivity contribution < 1.29 is 4.39 Å². The van der Waals surface area contributed by atoms with Gasteiger partial charge in [-0.2, -0.15) is 0 Å². The van der Waals surface area contributed by atoms with Crippen molar-refractivity contribution in [2.45, 2.75) is 95.7 Å². The summed E-state index contributed by atoms with van der Waals surface area (Å²) in [6, 6.07) is 0.119. The average molecular weight is 243 g/mol. The van der Waals surface area contributed by atoms with Crippen molar-refractivity contribution in [2.75, 3.05) is 0 Å². The van der Waals surface area contributed by atoms with Gasteiger partial charge in [0.15, 0.2) is 0 Å². The molecule has 0 amide bonds. The minimum atomic E-state index is -0.915. The van der Waals surface area contributed by atoms with Crippen LogP contribution in [0.1, 0.15) is 84.0 Å². The highest BCUT2D eigenvalue weighted by Crippen LogP contribution is 2.37. The Morgan fingerprint density at radius 2 is 1.65 bits per heavy atom. The summed E-state index contributed by atoms with van der Waals surface area (Å²) < 4.78 is 14.2. The SMILES string of the molecule is CCCCCCCCCCC1(F)CCC(N)C1. The van der Waals surface area contributed by atoms with Gasteiger partial charge in [0.2, 0.25) is 0 Å². The van der Waals surface area contributed by atoms with E-state index < -0.39 is 5.67 Å². The number of hydrogen-bond acceptors (Lipinski definition) is 1. The molecule has 1 aliphatic carbocycles. The van der Waals surface area contributed by atoms with Gasteiger partial charge in [0.25, 0.3) is 0 Å². The third-order valence-corrected chi connectivity index (χ3v) is 4.07. The quantitative estimate of drug-likeness (QED) is 0.582. The summed E-state index contributed by atoms with van der Waals surface area (Å²) in [7, 11) is 0. The van der Waals surface area contributed by atoms with Crippen molar-refractivity contribution in [3.63, 3.8) is 0 Å². The molecule has 102 valence electrons. The first kappa shape index (κ1) is 14.9. The highest BCUT2D eigenvalue weighted by molar-refractivity contribution is 4.91. The molecule has 1 saturated carbocycles. The zero-order chi connectivity index (χ0) is 12.6. The predicted molar refractivity (Wildman–Crippen MR) is 72.9 cm³/mol. The molecule has 0 radical (unpaired) electrons. The van der Waals surface area contributed by atoms with Gasteiger partial charge in [-0.1, -0.05) is 58.3 Å². The zero-order valence-electron chi connectivity index (χ0n) is 11.5. The Kier molecular flexibility index (Phi) is 7.10. The van der Waals surface area contributed by atoms with E-state index in [0.29, 0.717) is 12.8 Å². The molecule has 0 aromatic heterocycles. The Labute approximate surface area is 106 Å². The number of hydrogen-bond donors (Lipinski definition) is 1. The van der Waals surface area contributed by atoms with Crippen molar-refractivity contribution in [3.05, 3.63) is 0 Å². The van der Waals surface area contributed by atoms with Crippen molar-refractivity contribution >= 4 is 0 Å². The van der Waals surface area contributed by atoms with Crippen LogP contribution < -0.4 is 5.73 Å². The highest BCUT2D eigenvalue weighted by atomic mass is 19.1. The summed E-state index contributed by atoms with van der Waals surface area (Å²) in [5, 5.41) is 0. The third kappa shape index (κ3) is 6.40. The number of nitrogens with two attached hydrogens (primary N) is 1. The molecule has 0 aliphatic heterocycles. The molecule has 0 heterocycles. The Bertz CT molecular complexity index is 195. The predicted octanol–water partition coefficient (Wildman–Crippen LogP) is 4.74. The molecule has 0 aromatic carbocycles. The number of alkyl halides is 1. The number of unbranched alkanes of at least 4 members (excludes halogenated alkanes) is 7. The zero-order valence-corrected chi connectivity index (χ0v) is 11.5. The van der Waals surface area contributed by atoms with Crippen LogP contribution >= 0.6 is 0 Å². The molecule has 0 saturated heterocycles. The lowest BCUT2D eigenvalue weighted by molar-refractivity contribution is 0.152. The maximum Gasteiger partial charge on any atom is 0.112 e. The minimum absolute atomic E-state index is 0.119.